The van der Waals surface area contributed by atoms with E-state index in [9.17, 15) is 4.79 Å². The minimum absolute atomic E-state index is 0.217. The molecule has 0 saturated carbocycles. The van der Waals surface area contributed by atoms with Gasteiger partial charge in [0, 0.05) is 19.9 Å². The van der Waals surface area contributed by atoms with Crippen LogP contribution in [-0.2, 0) is 6.42 Å². The van der Waals surface area contributed by atoms with E-state index in [2.05, 4.69) is 10.3 Å². The summed E-state index contributed by atoms with van der Waals surface area (Å²) in [6.07, 6.45) is 3.70. The van der Waals surface area contributed by atoms with Gasteiger partial charge in [-0.1, -0.05) is 0 Å². The summed E-state index contributed by atoms with van der Waals surface area (Å²) in [6.45, 7) is 2.29. The number of aryl methyl sites for hydroxylation is 1. The molecule has 5 heteroatoms. The summed E-state index contributed by atoms with van der Waals surface area (Å²) in [5.74, 6) is 0.730. The number of nitrogens with zero attached hydrogens (tertiary/aromatic N) is 1. The zero-order chi connectivity index (χ0) is 11.4. The second-order valence-corrected chi connectivity index (χ2v) is 3.34. The fourth-order valence-corrected chi connectivity index (χ4v) is 1.32. The molecular weight excluding hydrogens is 208 g/mol. The van der Waals surface area contributed by atoms with Crippen LogP contribution in [0.3, 0.4) is 0 Å². The first kappa shape index (κ1) is 10.5. The third-order valence-electron chi connectivity index (χ3n) is 2.08. The van der Waals surface area contributed by atoms with Crippen LogP contribution < -0.4 is 5.32 Å². The number of hydrogen-bond donors (Lipinski definition) is 1. The van der Waals surface area contributed by atoms with E-state index in [1.54, 1.807) is 25.3 Å². The molecule has 5 nitrogen and oxygen atoms in total. The molecule has 84 valence electrons. The molecule has 1 amide bonds. The first-order chi connectivity index (χ1) is 7.75. The van der Waals surface area contributed by atoms with Crippen LogP contribution in [0, 0.1) is 6.92 Å². The van der Waals surface area contributed by atoms with Crippen molar-refractivity contribution < 1.29 is 13.6 Å². The maximum absolute atomic E-state index is 11.5. The van der Waals surface area contributed by atoms with Crippen molar-refractivity contribution in [3.8, 4) is 0 Å². The molecule has 0 bridgehead atoms. The Kier molecular flexibility index (Phi) is 3.05. The third-order valence-corrected chi connectivity index (χ3v) is 2.08. The van der Waals surface area contributed by atoms with E-state index in [-0.39, 0.29) is 5.91 Å². The number of oxazole rings is 1. The summed E-state index contributed by atoms with van der Waals surface area (Å²) in [4.78, 5) is 15.6. The number of carbonyl (C=O) groups is 1. The van der Waals surface area contributed by atoms with E-state index in [4.69, 9.17) is 8.83 Å². The summed E-state index contributed by atoms with van der Waals surface area (Å²) in [5, 5.41) is 2.73. The highest BCUT2D eigenvalue weighted by atomic mass is 16.3. The Labute approximate surface area is 92.5 Å². The van der Waals surface area contributed by atoms with Crippen LogP contribution in [0.25, 0.3) is 0 Å². The highest BCUT2D eigenvalue weighted by molar-refractivity contribution is 5.91. The van der Waals surface area contributed by atoms with Crippen molar-refractivity contribution in [2.45, 2.75) is 13.3 Å². The average molecular weight is 220 g/mol. The van der Waals surface area contributed by atoms with Crippen LogP contribution in [-0.4, -0.2) is 17.4 Å². The smallest absolute Gasteiger partial charge is 0.286 e. The fraction of sp³-hybridized carbons (Fsp3) is 0.273. The van der Waals surface area contributed by atoms with Crippen molar-refractivity contribution in [3.63, 3.8) is 0 Å². The number of furan rings is 1. The van der Waals surface area contributed by atoms with Gasteiger partial charge in [-0.15, -0.1) is 0 Å². The second kappa shape index (κ2) is 4.65. The first-order valence-corrected chi connectivity index (χ1v) is 4.98. The molecule has 2 rings (SSSR count). The quantitative estimate of drug-likeness (QED) is 0.848. The van der Waals surface area contributed by atoms with E-state index in [1.807, 2.05) is 0 Å². The number of nitrogens with one attached hydrogen (secondary N) is 1. The van der Waals surface area contributed by atoms with E-state index in [0.29, 0.717) is 24.6 Å². The van der Waals surface area contributed by atoms with Gasteiger partial charge in [0.25, 0.3) is 5.91 Å². The lowest BCUT2D eigenvalue weighted by Gasteiger charge is -2.00. The third kappa shape index (κ3) is 2.50. The van der Waals surface area contributed by atoms with Gasteiger partial charge in [-0.2, -0.15) is 0 Å². The van der Waals surface area contributed by atoms with Crippen molar-refractivity contribution in [1.82, 2.24) is 10.3 Å². The molecule has 0 aliphatic rings. The average Bonchev–Trinajstić information content (AvgIpc) is 2.89. The predicted octanol–water partition coefficient (Wildman–Crippen LogP) is 1.55. The molecule has 0 radical (unpaired) electrons. The molecule has 16 heavy (non-hydrogen) atoms. The van der Waals surface area contributed by atoms with Crippen LogP contribution >= 0.6 is 0 Å². The maximum Gasteiger partial charge on any atom is 0.286 e. The van der Waals surface area contributed by atoms with E-state index in [1.165, 1.54) is 6.26 Å². The zero-order valence-electron chi connectivity index (χ0n) is 8.90. The Morgan fingerprint density at radius 3 is 3.00 bits per heavy atom. The number of hydrogen-bond acceptors (Lipinski definition) is 4. The Morgan fingerprint density at radius 2 is 2.38 bits per heavy atom. The first-order valence-electron chi connectivity index (χ1n) is 4.98. The van der Waals surface area contributed by atoms with Crippen LogP contribution in [0.4, 0.5) is 0 Å². The molecule has 0 aliphatic heterocycles. The van der Waals surface area contributed by atoms with Crippen LogP contribution in [0.5, 0.6) is 0 Å². The lowest BCUT2D eigenvalue weighted by atomic mass is 10.3. The lowest BCUT2D eigenvalue weighted by molar-refractivity contribution is 0.0926. The summed E-state index contributed by atoms with van der Waals surface area (Å²) in [6, 6.07) is 3.30. The van der Waals surface area contributed by atoms with Crippen LogP contribution in [0.1, 0.15) is 22.1 Å². The Bertz CT molecular complexity index is 459. The largest absolute Gasteiger partial charge is 0.459 e. The molecule has 2 aromatic heterocycles. The summed E-state index contributed by atoms with van der Waals surface area (Å²) in [7, 11) is 0. The van der Waals surface area contributed by atoms with Gasteiger partial charge in [-0.3, -0.25) is 4.79 Å². The molecule has 0 aromatic carbocycles. The monoisotopic (exact) mass is 220 g/mol. The van der Waals surface area contributed by atoms with Crippen molar-refractivity contribution in [2.24, 2.45) is 0 Å². The topological polar surface area (TPSA) is 68.3 Å². The van der Waals surface area contributed by atoms with Crippen molar-refractivity contribution in [3.05, 3.63) is 42.0 Å². The number of aromatic nitrogens is 1. The van der Waals surface area contributed by atoms with E-state index in [0.717, 1.165) is 5.69 Å². The number of carbonyl (C=O) groups excluding carboxylic acids is 1. The van der Waals surface area contributed by atoms with E-state index >= 15 is 0 Å². The van der Waals surface area contributed by atoms with Gasteiger partial charge in [0.2, 0.25) is 0 Å². The molecule has 0 spiro atoms. The molecule has 0 atom stereocenters. The van der Waals surface area contributed by atoms with Crippen molar-refractivity contribution in [2.75, 3.05) is 6.54 Å². The Hall–Kier alpha value is -2.04. The Balaban J connectivity index is 1.78. The predicted molar refractivity (Wildman–Crippen MR) is 56.0 cm³/mol. The molecule has 1 N–H and O–H groups in total. The van der Waals surface area contributed by atoms with Crippen LogP contribution in [0.2, 0.25) is 0 Å². The van der Waals surface area contributed by atoms with Crippen molar-refractivity contribution >= 4 is 5.91 Å². The second-order valence-electron chi connectivity index (χ2n) is 3.34. The van der Waals surface area contributed by atoms with E-state index < -0.39 is 0 Å². The van der Waals surface area contributed by atoms with Crippen LogP contribution in [0.15, 0.2) is 33.5 Å². The highest BCUT2D eigenvalue weighted by Gasteiger charge is 2.07. The van der Waals surface area contributed by atoms with Crippen molar-refractivity contribution in [1.29, 1.82) is 0 Å². The SMILES string of the molecule is Cc1nc(CCNC(=O)c2ccco2)co1. The minimum Gasteiger partial charge on any atom is -0.459 e. The van der Waals surface area contributed by atoms with Gasteiger partial charge in [-0.05, 0) is 12.1 Å². The Morgan fingerprint density at radius 1 is 1.50 bits per heavy atom. The number of rotatable bonds is 4. The van der Waals surface area contributed by atoms with Gasteiger partial charge < -0.3 is 14.2 Å². The van der Waals surface area contributed by atoms with Gasteiger partial charge in [0.15, 0.2) is 11.7 Å². The lowest BCUT2D eigenvalue weighted by Crippen LogP contribution is -2.25. The van der Waals surface area contributed by atoms with Gasteiger partial charge in [-0.25, -0.2) is 4.98 Å². The minimum atomic E-state index is -0.217. The zero-order valence-corrected chi connectivity index (χ0v) is 8.90. The molecule has 0 fully saturated rings. The molecule has 0 aliphatic carbocycles. The van der Waals surface area contributed by atoms with Gasteiger partial charge in [0.05, 0.1) is 12.0 Å². The van der Waals surface area contributed by atoms with Gasteiger partial charge in [0.1, 0.15) is 6.26 Å². The van der Waals surface area contributed by atoms with Gasteiger partial charge >= 0.3 is 0 Å². The summed E-state index contributed by atoms with van der Waals surface area (Å²) >= 11 is 0. The normalized spacial score (nSPS) is 10.3. The molecule has 2 heterocycles. The molecule has 2 aromatic rings. The summed E-state index contributed by atoms with van der Waals surface area (Å²) in [5.41, 5.74) is 0.831. The molecule has 0 unspecified atom stereocenters. The fourth-order valence-electron chi connectivity index (χ4n) is 1.32. The maximum atomic E-state index is 11.5. The number of amides is 1. The summed E-state index contributed by atoms with van der Waals surface area (Å²) < 4.78 is 10.0. The molecular formula is C11H12N2O3. The molecule has 0 saturated heterocycles. The standard InChI is InChI=1S/C11H12N2O3/c1-8-13-9(7-16-8)4-5-12-11(14)10-3-2-6-15-10/h2-3,6-7H,4-5H2,1H3,(H,12,14). The highest BCUT2D eigenvalue weighted by Crippen LogP contribution is 2.01.